The summed E-state index contributed by atoms with van der Waals surface area (Å²) in [6.45, 7) is 7.53. The Morgan fingerprint density at radius 3 is 2.68 bits per heavy atom. The molecule has 0 aromatic heterocycles. The zero-order valence-electron chi connectivity index (χ0n) is 11.6. The normalized spacial score (nSPS) is 10.9. The lowest BCUT2D eigenvalue weighted by Crippen LogP contribution is -2.38. The first kappa shape index (κ1) is 18.0. The number of carbonyl (C=O) groups excluding carboxylic acids is 2. The van der Waals surface area contributed by atoms with Gasteiger partial charge in [0.15, 0.2) is 5.12 Å². The Morgan fingerprint density at radius 2 is 2.11 bits per heavy atom. The number of aliphatic hydroxyl groups excluding tert-OH is 1. The fraction of sp³-hybridized carbons (Fsp3) is 0.692. The summed E-state index contributed by atoms with van der Waals surface area (Å²) in [5, 5.41) is 11.2. The zero-order chi connectivity index (χ0) is 14.7. The van der Waals surface area contributed by atoms with Crippen molar-refractivity contribution in [3.63, 3.8) is 0 Å². The lowest BCUT2D eigenvalue weighted by atomic mass is 9.96. The van der Waals surface area contributed by atoms with Gasteiger partial charge in [-0.05, 0) is 12.8 Å². The van der Waals surface area contributed by atoms with Gasteiger partial charge in [-0.2, -0.15) is 0 Å². The molecule has 6 heteroatoms. The van der Waals surface area contributed by atoms with Crippen LogP contribution in [0.1, 0.15) is 26.7 Å². The largest absolute Gasteiger partial charge is 0.445 e. The summed E-state index contributed by atoms with van der Waals surface area (Å²) in [6, 6.07) is 0. The highest BCUT2D eigenvalue weighted by molar-refractivity contribution is 8.13. The van der Waals surface area contributed by atoms with Crippen molar-refractivity contribution in [2.45, 2.75) is 26.7 Å². The minimum absolute atomic E-state index is 0.0226. The lowest BCUT2D eigenvalue weighted by Gasteiger charge is -2.22. The van der Waals surface area contributed by atoms with Crippen LogP contribution in [0, 0.1) is 5.41 Å². The number of unbranched alkanes of at least 4 members (excludes halogenated alkanes) is 1. The van der Waals surface area contributed by atoms with Gasteiger partial charge in [0.2, 0.25) is 0 Å². The summed E-state index contributed by atoms with van der Waals surface area (Å²) in [4.78, 5) is 23.2. The predicted octanol–water partition coefficient (Wildman–Crippen LogP) is 1.96. The number of hydrogen-bond donors (Lipinski definition) is 2. The van der Waals surface area contributed by atoms with Gasteiger partial charge in [0, 0.05) is 18.9 Å². The van der Waals surface area contributed by atoms with Crippen molar-refractivity contribution in [1.82, 2.24) is 5.32 Å². The first-order chi connectivity index (χ1) is 8.94. The van der Waals surface area contributed by atoms with Crippen LogP contribution in [-0.4, -0.2) is 41.8 Å². The monoisotopic (exact) mass is 289 g/mol. The SMILES string of the molecule is C=CCOC(=O)NCC(C)(C)C(=O)SCCCCO. The molecule has 0 rings (SSSR count). The molecule has 0 bridgehead atoms. The summed E-state index contributed by atoms with van der Waals surface area (Å²) >= 11 is 1.23. The Hall–Kier alpha value is -1.01. The van der Waals surface area contributed by atoms with E-state index in [9.17, 15) is 9.59 Å². The maximum atomic E-state index is 11.9. The summed E-state index contributed by atoms with van der Waals surface area (Å²) in [6.07, 6.45) is 2.43. The van der Waals surface area contributed by atoms with Crippen LogP contribution in [0.3, 0.4) is 0 Å². The van der Waals surface area contributed by atoms with Crippen LogP contribution in [0.5, 0.6) is 0 Å². The minimum atomic E-state index is -0.642. The first-order valence-corrected chi connectivity index (χ1v) is 7.22. The number of amides is 1. The molecule has 0 aliphatic carbocycles. The van der Waals surface area contributed by atoms with Crippen molar-refractivity contribution in [3.05, 3.63) is 12.7 Å². The molecule has 0 aromatic carbocycles. The maximum Gasteiger partial charge on any atom is 0.407 e. The van der Waals surface area contributed by atoms with Gasteiger partial charge in [0.25, 0.3) is 0 Å². The second-order valence-corrected chi connectivity index (χ2v) is 5.76. The van der Waals surface area contributed by atoms with E-state index in [4.69, 9.17) is 9.84 Å². The Labute approximate surface area is 118 Å². The van der Waals surface area contributed by atoms with Crippen LogP contribution >= 0.6 is 11.8 Å². The molecule has 0 radical (unpaired) electrons. The van der Waals surface area contributed by atoms with E-state index < -0.39 is 11.5 Å². The van der Waals surface area contributed by atoms with Crippen LogP contribution in [0.4, 0.5) is 4.79 Å². The van der Waals surface area contributed by atoms with Gasteiger partial charge < -0.3 is 15.2 Å². The molecule has 5 nitrogen and oxygen atoms in total. The van der Waals surface area contributed by atoms with Crippen molar-refractivity contribution in [2.24, 2.45) is 5.41 Å². The van der Waals surface area contributed by atoms with Gasteiger partial charge in [-0.15, -0.1) is 0 Å². The highest BCUT2D eigenvalue weighted by Crippen LogP contribution is 2.23. The zero-order valence-corrected chi connectivity index (χ0v) is 12.4. The molecule has 0 spiro atoms. The molecule has 0 unspecified atom stereocenters. The van der Waals surface area contributed by atoms with Gasteiger partial charge in [0.1, 0.15) is 6.61 Å². The number of nitrogens with one attached hydrogen (secondary N) is 1. The van der Waals surface area contributed by atoms with E-state index in [1.165, 1.54) is 17.8 Å². The molecule has 110 valence electrons. The van der Waals surface area contributed by atoms with Crippen molar-refractivity contribution < 1.29 is 19.4 Å². The smallest absolute Gasteiger partial charge is 0.407 e. The topological polar surface area (TPSA) is 75.6 Å². The van der Waals surface area contributed by atoms with Crippen molar-refractivity contribution in [3.8, 4) is 0 Å². The van der Waals surface area contributed by atoms with Gasteiger partial charge >= 0.3 is 6.09 Å². The third-order valence-electron chi connectivity index (χ3n) is 2.35. The fourth-order valence-corrected chi connectivity index (χ4v) is 2.12. The average Bonchev–Trinajstić information content (AvgIpc) is 2.38. The van der Waals surface area contributed by atoms with Gasteiger partial charge in [-0.3, -0.25) is 4.79 Å². The standard InChI is InChI=1S/C13H23NO4S/c1-4-8-18-12(17)14-10-13(2,3)11(16)19-9-6-5-7-15/h4,15H,1,5-10H2,2-3H3,(H,14,17). The molecule has 19 heavy (non-hydrogen) atoms. The van der Waals surface area contributed by atoms with Crippen LogP contribution in [0.2, 0.25) is 0 Å². The molecule has 0 atom stereocenters. The number of hydrogen-bond acceptors (Lipinski definition) is 5. The highest BCUT2D eigenvalue weighted by Gasteiger charge is 2.28. The van der Waals surface area contributed by atoms with Gasteiger partial charge in [-0.1, -0.05) is 38.3 Å². The molecule has 0 heterocycles. The van der Waals surface area contributed by atoms with E-state index in [1.807, 2.05) is 0 Å². The fourth-order valence-electron chi connectivity index (χ4n) is 1.13. The number of alkyl carbamates (subject to hydrolysis) is 1. The second-order valence-electron chi connectivity index (χ2n) is 4.69. The third-order valence-corrected chi connectivity index (χ3v) is 3.65. The van der Waals surface area contributed by atoms with Crippen LogP contribution in [-0.2, 0) is 9.53 Å². The molecule has 1 amide bonds. The number of thioether (sulfide) groups is 1. The molecular formula is C13H23NO4S. The van der Waals surface area contributed by atoms with E-state index in [1.54, 1.807) is 13.8 Å². The van der Waals surface area contributed by atoms with Gasteiger partial charge in [-0.25, -0.2) is 4.79 Å². The first-order valence-electron chi connectivity index (χ1n) is 6.23. The number of carbonyl (C=O) groups is 2. The molecule has 0 aliphatic rings. The van der Waals surface area contributed by atoms with Crippen molar-refractivity contribution in [1.29, 1.82) is 0 Å². The van der Waals surface area contributed by atoms with Crippen molar-refractivity contribution >= 4 is 23.0 Å². The molecule has 0 saturated carbocycles. The summed E-state index contributed by atoms with van der Waals surface area (Å²) < 4.78 is 4.77. The van der Waals surface area contributed by atoms with E-state index in [0.717, 1.165) is 6.42 Å². The summed E-state index contributed by atoms with van der Waals surface area (Å²) in [7, 11) is 0. The third kappa shape index (κ3) is 8.67. The van der Waals surface area contributed by atoms with Crippen LogP contribution in [0.25, 0.3) is 0 Å². The number of ether oxygens (including phenoxy) is 1. The average molecular weight is 289 g/mol. The number of rotatable bonds is 9. The second kappa shape index (κ2) is 9.86. The Balaban J connectivity index is 3.97. The molecule has 2 N–H and O–H groups in total. The Kier molecular flexibility index (Phi) is 9.34. The Bertz CT molecular complexity index is 305. The van der Waals surface area contributed by atoms with E-state index in [-0.39, 0.29) is 24.9 Å². The van der Waals surface area contributed by atoms with Crippen molar-refractivity contribution in [2.75, 3.05) is 25.5 Å². The molecule has 0 aliphatic heterocycles. The number of aliphatic hydroxyl groups is 1. The van der Waals surface area contributed by atoms with Crippen LogP contribution < -0.4 is 5.32 Å². The minimum Gasteiger partial charge on any atom is -0.445 e. The molecular weight excluding hydrogens is 266 g/mol. The quantitative estimate of drug-likeness (QED) is 0.501. The molecule has 0 saturated heterocycles. The summed E-state index contributed by atoms with van der Waals surface area (Å²) in [5.41, 5.74) is -0.642. The maximum absolute atomic E-state index is 11.9. The highest BCUT2D eigenvalue weighted by atomic mass is 32.2. The van der Waals surface area contributed by atoms with Crippen LogP contribution in [0.15, 0.2) is 12.7 Å². The van der Waals surface area contributed by atoms with E-state index in [2.05, 4.69) is 11.9 Å². The summed E-state index contributed by atoms with van der Waals surface area (Å²) in [5.74, 6) is 0.684. The molecule has 0 fully saturated rings. The predicted molar refractivity (Wildman–Crippen MR) is 77.1 cm³/mol. The van der Waals surface area contributed by atoms with E-state index >= 15 is 0 Å². The Morgan fingerprint density at radius 1 is 1.42 bits per heavy atom. The van der Waals surface area contributed by atoms with Gasteiger partial charge in [0.05, 0.1) is 5.41 Å². The molecule has 0 aromatic rings. The van der Waals surface area contributed by atoms with E-state index in [0.29, 0.717) is 12.2 Å². The lowest BCUT2D eigenvalue weighted by molar-refractivity contribution is -0.117.